The van der Waals surface area contributed by atoms with E-state index >= 15 is 0 Å². The van der Waals surface area contributed by atoms with Gasteiger partial charge < -0.3 is 10.8 Å². The van der Waals surface area contributed by atoms with E-state index < -0.39 is 0 Å². The topological polar surface area (TPSA) is 63.3 Å². The number of rotatable bonds is 3. The number of hydrogen-bond acceptors (Lipinski definition) is 3. The third kappa shape index (κ3) is 2.63. The van der Waals surface area contributed by atoms with Gasteiger partial charge in [0.1, 0.15) is 5.75 Å². The van der Waals surface area contributed by atoms with Gasteiger partial charge in [-0.1, -0.05) is 26.0 Å². The molecule has 0 fully saturated rings. The number of nitrogens with two attached hydrogens (primary N) is 1. The van der Waals surface area contributed by atoms with Crippen molar-refractivity contribution in [2.24, 2.45) is 11.7 Å². The summed E-state index contributed by atoms with van der Waals surface area (Å²) in [4.78, 5) is 11.5. The Hall–Kier alpha value is -1.77. The number of phenols is 1. The second-order valence-corrected chi connectivity index (χ2v) is 4.09. The summed E-state index contributed by atoms with van der Waals surface area (Å²) >= 11 is 0. The normalized spacial score (nSPS) is 12.5. The molecule has 86 valence electrons. The molecule has 1 aromatic rings. The fourth-order valence-electron chi connectivity index (χ4n) is 1.74. The first-order valence-corrected chi connectivity index (χ1v) is 5.23. The summed E-state index contributed by atoms with van der Waals surface area (Å²) in [5.74, 6) is 0.183. The van der Waals surface area contributed by atoms with Crippen LogP contribution in [0.2, 0.25) is 0 Å². The van der Waals surface area contributed by atoms with E-state index in [0.717, 1.165) is 0 Å². The number of Topliss-reactive ketones (excluding diaryl/α,β-unsaturated/α-hetero) is 1. The van der Waals surface area contributed by atoms with Crippen LogP contribution >= 0.6 is 0 Å². The quantitative estimate of drug-likeness (QED) is 0.767. The van der Waals surface area contributed by atoms with E-state index in [1.807, 2.05) is 13.8 Å². The first-order chi connectivity index (χ1) is 7.43. The lowest BCUT2D eigenvalue weighted by atomic mass is 9.94. The average molecular weight is 219 g/mol. The van der Waals surface area contributed by atoms with Gasteiger partial charge in [0.15, 0.2) is 5.78 Å². The third-order valence-electron chi connectivity index (χ3n) is 2.40. The Kier molecular flexibility index (Phi) is 3.72. The minimum atomic E-state index is -0.0316. The molecular weight excluding hydrogens is 202 g/mol. The summed E-state index contributed by atoms with van der Waals surface area (Å²) < 4.78 is 0. The predicted molar refractivity (Wildman–Crippen MR) is 64.7 cm³/mol. The van der Waals surface area contributed by atoms with Crippen LogP contribution in [0.3, 0.4) is 0 Å². The Balaban J connectivity index is 3.29. The highest BCUT2D eigenvalue weighted by Gasteiger charge is 2.14. The molecule has 3 nitrogen and oxygen atoms in total. The Morgan fingerprint density at radius 3 is 2.44 bits per heavy atom. The van der Waals surface area contributed by atoms with E-state index in [4.69, 9.17) is 5.73 Å². The molecule has 0 bridgehead atoms. The molecule has 1 aromatic carbocycles. The fourth-order valence-corrected chi connectivity index (χ4v) is 1.74. The number of carbonyl (C=O) groups excluding carboxylic acids is 1. The monoisotopic (exact) mass is 219 g/mol. The van der Waals surface area contributed by atoms with Crippen LogP contribution in [0.5, 0.6) is 5.75 Å². The number of benzene rings is 1. The van der Waals surface area contributed by atoms with Crippen LogP contribution in [0.4, 0.5) is 0 Å². The zero-order valence-corrected chi connectivity index (χ0v) is 9.82. The third-order valence-corrected chi connectivity index (χ3v) is 2.40. The summed E-state index contributed by atoms with van der Waals surface area (Å²) in [7, 11) is 0. The van der Waals surface area contributed by atoms with Crippen molar-refractivity contribution in [3.63, 3.8) is 0 Å². The van der Waals surface area contributed by atoms with E-state index in [1.165, 1.54) is 6.92 Å². The van der Waals surface area contributed by atoms with Gasteiger partial charge in [-0.2, -0.15) is 0 Å². The smallest absolute Gasteiger partial charge is 0.158 e. The lowest BCUT2D eigenvalue weighted by molar-refractivity contribution is -0.113. The minimum absolute atomic E-state index is 0.0316. The van der Waals surface area contributed by atoms with Crippen molar-refractivity contribution < 1.29 is 9.90 Å². The first-order valence-electron chi connectivity index (χ1n) is 5.23. The van der Waals surface area contributed by atoms with Crippen molar-refractivity contribution >= 4 is 11.5 Å². The van der Waals surface area contributed by atoms with Gasteiger partial charge in [-0.3, -0.25) is 4.79 Å². The molecule has 0 radical (unpaired) electrons. The van der Waals surface area contributed by atoms with E-state index in [1.54, 1.807) is 24.3 Å². The van der Waals surface area contributed by atoms with Crippen molar-refractivity contribution in [3.05, 3.63) is 35.4 Å². The number of hydrogen-bond donors (Lipinski definition) is 2. The fraction of sp³-hybridized carbons (Fsp3) is 0.308. The molecule has 3 heteroatoms. The maximum Gasteiger partial charge on any atom is 0.158 e. The van der Waals surface area contributed by atoms with E-state index in [0.29, 0.717) is 16.8 Å². The summed E-state index contributed by atoms with van der Waals surface area (Å²) in [5.41, 5.74) is 7.68. The molecule has 0 aromatic heterocycles. The molecule has 0 saturated carbocycles. The molecule has 0 atom stereocenters. The molecule has 0 amide bonds. The Morgan fingerprint density at radius 1 is 1.38 bits per heavy atom. The van der Waals surface area contributed by atoms with Gasteiger partial charge in [0.25, 0.3) is 0 Å². The molecule has 0 aliphatic heterocycles. The van der Waals surface area contributed by atoms with Crippen LogP contribution in [0.15, 0.2) is 29.8 Å². The highest BCUT2D eigenvalue weighted by Crippen LogP contribution is 2.23. The van der Waals surface area contributed by atoms with Gasteiger partial charge in [0.05, 0.1) is 0 Å². The van der Waals surface area contributed by atoms with Crippen LogP contribution in [-0.2, 0) is 4.79 Å². The minimum Gasteiger partial charge on any atom is -0.508 e. The molecule has 0 saturated heterocycles. The van der Waals surface area contributed by atoms with Crippen molar-refractivity contribution in [1.29, 1.82) is 0 Å². The SMILES string of the molecule is CC(=O)/C(=C(\N)c1cccc(O)c1)C(C)C. The molecule has 0 aliphatic carbocycles. The highest BCUT2D eigenvalue weighted by atomic mass is 16.3. The van der Waals surface area contributed by atoms with Gasteiger partial charge in [0.2, 0.25) is 0 Å². The van der Waals surface area contributed by atoms with Gasteiger partial charge in [-0.15, -0.1) is 0 Å². The summed E-state index contributed by atoms with van der Waals surface area (Å²) in [5, 5.41) is 9.36. The van der Waals surface area contributed by atoms with Gasteiger partial charge in [-0.25, -0.2) is 0 Å². The lowest BCUT2D eigenvalue weighted by Crippen LogP contribution is -2.12. The molecule has 16 heavy (non-hydrogen) atoms. The van der Waals surface area contributed by atoms with Crippen LogP contribution < -0.4 is 5.73 Å². The number of phenolic OH excluding ortho intramolecular Hbond substituents is 1. The number of allylic oxidation sites excluding steroid dienone is 1. The van der Waals surface area contributed by atoms with Crippen molar-refractivity contribution in [2.75, 3.05) is 0 Å². The summed E-state index contributed by atoms with van der Waals surface area (Å²) in [6.07, 6.45) is 0. The van der Waals surface area contributed by atoms with Crippen LogP contribution in [0.25, 0.3) is 5.70 Å². The van der Waals surface area contributed by atoms with Gasteiger partial charge in [-0.05, 0) is 25.0 Å². The van der Waals surface area contributed by atoms with E-state index in [-0.39, 0.29) is 17.5 Å². The second kappa shape index (κ2) is 4.84. The number of aromatic hydroxyl groups is 1. The maximum absolute atomic E-state index is 11.5. The Labute approximate surface area is 95.6 Å². The largest absolute Gasteiger partial charge is 0.508 e. The van der Waals surface area contributed by atoms with E-state index in [9.17, 15) is 9.90 Å². The molecule has 0 heterocycles. The van der Waals surface area contributed by atoms with Gasteiger partial charge >= 0.3 is 0 Å². The van der Waals surface area contributed by atoms with Gasteiger partial charge in [0, 0.05) is 16.8 Å². The molecule has 1 rings (SSSR count). The molecule has 0 spiro atoms. The van der Waals surface area contributed by atoms with Crippen molar-refractivity contribution in [2.45, 2.75) is 20.8 Å². The zero-order chi connectivity index (χ0) is 12.3. The van der Waals surface area contributed by atoms with E-state index in [2.05, 4.69) is 0 Å². The average Bonchev–Trinajstić information content (AvgIpc) is 2.16. The van der Waals surface area contributed by atoms with Crippen molar-refractivity contribution in [1.82, 2.24) is 0 Å². The second-order valence-electron chi connectivity index (χ2n) is 4.09. The predicted octanol–water partition coefficient (Wildman–Crippen LogP) is 2.31. The lowest BCUT2D eigenvalue weighted by Gasteiger charge is -2.13. The maximum atomic E-state index is 11.5. The first kappa shape index (κ1) is 12.3. The molecular formula is C13H17NO2. The number of carbonyl (C=O) groups is 1. The van der Waals surface area contributed by atoms with Crippen LogP contribution in [0, 0.1) is 5.92 Å². The van der Waals surface area contributed by atoms with Crippen molar-refractivity contribution in [3.8, 4) is 5.75 Å². The number of ketones is 1. The molecule has 0 aliphatic rings. The summed E-state index contributed by atoms with van der Waals surface area (Å²) in [6, 6.07) is 6.61. The standard InChI is InChI=1S/C13H17NO2/c1-8(2)12(9(3)15)13(14)10-5-4-6-11(16)7-10/h4-8,16H,14H2,1-3H3/b13-12-. The summed E-state index contributed by atoms with van der Waals surface area (Å²) in [6.45, 7) is 5.35. The van der Waals surface area contributed by atoms with Crippen LogP contribution in [0.1, 0.15) is 26.3 Å². The van der Waals surface area contributed by atoms with Crippen LogP contribution in [-0.4, -0.2) is 10.9 Å². The Bertz CT molecular complexity index is 433. The molecule has 3 N–H and O–H groups in total. The molecule has 0 unspecified atom stereocenters. The highest BCUT2D eigenvalue weighted by molar-refractivity contribution is 6.00. The Morgan fingerprint density at radius 2 is 2.00 bits per heavy atom. The zero-order valence-electron chi connectivity index (χ0n) is 9.82.